The number of methoxy groups -OCH3 is 1. The monoisotopic (exact) mass is 602 g/mol. The van der Waals surface area contributed by atoms with Crippen LogP contribution < -0.4 is 19.4 Å². The van der Waals surface area contributed by atoms with E-state index in [0.717, 1.165) is 10.5 Å². The van der Waals surface area contributed by atoms with Gasteiger partial charge in [-0.2, -0.15) is 0 Å². The Bertz CT molecular complexity index is 1550. The molecule has 0 N–H and O–H groups in total. The van der Waals surface area contributed by atoms with Crippen molar-refractivity contribution in [2.24, 2.45) is 5.92 Å². The van der Waals surface area contributed by atoms with Gasteiger partial charge in [0.15, 0.2) is 17.6 Å². The summed E-state index contributed by atoms with van der Waals surface area (Å²) in [5.41, 5.74) is 2.66. The van der Waals surface area contributed by atoms with Gasteiger partial charge in [-0.3, -0.25) is 14.4 Å². The van der Waals surface area contributed by atoms with Gasteiger partial charge in [0.2, 0.25) is 5.91 Å². The van der Waals surface area contributed by atoms with Crippen molar-refractivity contribution in [1.29, 1.82) is 0 Å². The topological polar surface area (TPSA) is 68.3 Å². The highest BCUT2D eigenvalue weighted by molar-refractivity contribution is 9.10. The van der Waals surface area contributed by atoms with E-state index in [-0.39, 0.29) is 0 Å². The van der Waals surface area contributed by atoms with Crippen molar-refractivity contribution in [2.75, 3.05) is 17.1 Å². The highest BCUT2D eigenvalue weighted by Gasteiger charge is 2.60. The second-order valence-corrected chi connectivity index (χ2v) is 10.3. The highest BCUT2D eigenvalue weighted by Crippen LogP contribution is 2.50. The van der Waals surface area contributed by atoms with Gasteiger partial charge < -0.3 is 9.47 Å². The number of hydrogen-bond acceptors (Lipinski definition) is 6. The lowest BCUT2D eigenvalue weighted by Crippen LogP contribution is -2.37. The standard InChI is InChI=1S/C31H24BrFN2O5/c1-38-25-16-23(24(32)17-26(25)39-18-19-8-4-2-5-9-19)28-27-29(40-35(28)22-10-6-3-7-11-22)31(37)34(30(27)36)21-14-12-20(33)13-15-21/h2-17,27-29H,18H2,1H3. The van der Waals surface area contributed by atoms with Crippen molar-refractivity contribution in [3.05, 3.63) is 118 Å². The number of hydrogen-bond donors (Lipinski definition) is 0. The molecule has 7 nitrogen and oxygen atoms in total. The summed E-state index contributed by atoms with van der Waals surface area (Å²) in [4.78, 5) is 34.7. The lowest BCUT2D eigenvalue weighted by molar-refractivity contribution is -0.126. The number of amides is 2. The molecule has 2 amide bonds. The Hall–Kier alpha value is -4.21. The quantitative estimate of drug-likeness (QED) is 0.234. The Balaban J connectivity index is 1.40. The fourth-order valence-corrected chi connectivity index (χ4v) is 5.72. The van der Waals surface area contributed by atoms with E-state index in [0.29, 0.717) is 39.5 Å². The average molecular weight is 603 g/mol. The number of ether oxygens (including phenoxy) is 2. The number of halogens is 2. The second kappa shape index (κ2) is 10.7. The first kappa shape index (κ1) is 26.0. The zero-order valence-electron chi connectivity index (χ0n) is 21.4. The van der Waals surface area contributed by atoms with Crippen LogP contribution in [0.15, 0.2) is 102 Å². The third-order valence-corrected chi connectivity index (χ3v) is 7.74. The highest BCUT2D eigenvalue weighted by atomic mass is 79.9. The van der Waals surface area contributed by atoms with Gasteiger partial charge in [-0.15, -0.1) is 0 Å². The Labute approximate surface area is 238 Å². The number of carbonyl (C=O) groups excluding carboxylic acids is 2. The van der Waals surface area contributed by atoms with E-state index in [4.69, 9.17) is 14.3 Å². The molecule has 4 aromatic carbocycles. The summed E-state index contributed by atoms with van der Waals surface area (Å²) in [6.07, 6.45) is -1.06. The predicted molar refractivity (Wildman–Crippen MR) is 150 cm³/mol. The molecule has 3 unspecified atom stereocenters. The number of anilines is 2. The van der Waals surface area contributed by atoms with Crippen LogP contribution in [-0.2, 0) is 21.0 Å². The summed E-state index contributed by atoms with van der Waals surface area (Å²) < 4.78 is 26.0. The molecular weight excluding hydrogens is 579 g/mol. The zero-order valence-corrected chi connectivity index (χ0v) is 23.0. The predicted octanol–water partition coefficient (Wildman–Crippen LogP) is 6.23. The van der Waals surface area contributed by atoms with Crippen molar-refractivity contribution in [2.45, 2.75) is 18.8 Å². The van der Waals surface area contributed by atoms with Crippen molar-refractivity contribution in [1.82, 2.24) is 0 Å². The van der Waals surface area contributed by atoms with Gasteiger partial charge in [-0.05, 0) is 59.7 Å². The van der Waals surface area contributed by atoms with Gasteiger partial charge in [-0.1, -0.05) is 64.5 Å². The van der Waals surface area contributed by atoms with Crippen molar-refractivity contribution in [3.8, 4) is 11.5 Å². The lowest BCUT2D eigenvalue weighted by Gasteiger charge is -2.29. The molecule has 0 bridgehead atoms. The zero-order chi connectivity index (χ0) is 27.8. The fourth-order valence-electron chi connectivity index (χ4n) is 5.16. The molecule has 0 aliphatic carbocycles. The molecule has 2 heterocycles. The molecular formula is C31H24BrFN2O5. The summed E-state index contributed by atoms with van der Waals surface area (Å²) in [6, 6.07) is 27.2. The Morgan fingerprint density at radius 1 is 0.850 bits per heavy atom. The van der Waals surface area contributed by atoms with Crippen LogP contribution in [0.25, 0.3) is 0 Å². The van der Waals surface area contributed by atoms with E-state index in [1.165, 1.54) is 24.3 Å². The van der Waals surface area contributed by atoms with E-state index in [1.807, 2.05) is 60.7 Å². The summed E-state index contributed by atoms with van der Waals surface area (Å²) in [7, 11) is 1.55. The van der Waals surface area contributed by atoms with Crippen LogP contribution in [0.1, 0.15) is 17.2 Å². The van der Waals surface area contributed by atoms with E-state index in [1.54, 1.807) is 24.3 Å². The molecule has 2 aliphatic rings. The van der Waals surface area contributed by atoms with Crippen molar-refractivity contribution >= 4 is 39.1 Å². The fraction of sp³-hybridized carbons (Fsp3) is 0.161. The average Bonchev–Trinajstić information content (AvgIpc) is 3.49. The second-order valence-electron chi connectivity index (χ2n) is 9.45. The minimum atomic E-state index is -1.06. The van der Waals surface area contributed by atoms with Gasteiger partial charge in [-0.25, -0.2) is 14.4 Å². The molecule has 3 atom stereocenters. The van der Waals surface area contributed by atoms with Gasteiger partial charge >= 0.3 is 0 Å². The molecule has 2 aliphatic heterocycles. The van der Waals surface area contributed by atoms with Crippen molar-refractivity contribution < 1.29 is 28.3 Å². The molecule has 2 saturated heterocycles. The first-order valence-electron chi connectivity index (χ1n) is 12.6. The van der Waals surface area contributed by atoms with Crippen molar-refractivity contribution in [3.63, 3.8) is 0 Å². The summed E-state index contributed by atoms with van der Waals surface area (Å²) in [5, 5.41) is 1.61. The molecule has 6 rings (SSSR count). The van der Waals surface area contributed by atoms with E-state index >= 15 is 0 Å². The molecule has 4 aromatic rings. The maximum absolute atomic E-state index is 13.9. The number of fused-ring (bicyclic) bond motifs is 1. The summed E-state index contributed by atoms with van der Waals surface area (Å²) in [6.45, 7) is 0.343. The normalized spacial score (nSPS) is 20.1. The molecule has 2 fully saturated rings. The minimum Gasteiger partial charge on any atom is -0.493 e. The number of nitrogens with zero attached hydrogens (tertiary/aromatic N) is 2. The Morgan fingerprint density at radius 2 is 1.52 bits per heavy atom. The number of hydroxylamine groups is 1. The molecule has 40 heavy (non-hydrogen) atoms. The van der Waals surface area contributed by atoms with Gasteiger partial charge in [0, 0.05) is 4.47 Å². The summed E-state index contributed by atoms with van der Waals surface area (Å²) >= 11 is 3.68. The number of imide groups is 1. The van der Waals surface area contributed by atoms with E-state index in [2.05, 4.69) is 15.9 Å². The van der Waals surface area contributed by atoms with Gasteiger partial charge in [0.1, 0.15) is 18.3 Å². The molecule has 9 heteroatoms. The Kier molecular flexibility index (Phi) is 7.00. The minimum absolute atomic E-state index is 0.292. The number of benzene rings is 4. The van der Waals surface area contributed by atoms with E-state index in [9.17, 15) is 14.0 Å². The SMILES string of the molecule is COc1cc(C2C3C(=O)N(c4ccc(F)cc4)C(=O)C3ON2c2ccccc2)c(Br)cc1OCc1ccccc1. The van der Waals surface area contributed by atoms with Crippen LogP contribution in [0, 0.1) is 11.7 Å². The van der Waals surface area contributed by atoms with Crippen LogP contribution in [0.5, 0.6) is 11.5 Å². The maximum Gasteiger partial charge on any atom is 0.266 e. The van der Waals surface area contributed by atoms with Gasteiger partial charge in [0.05, 0.1) is 24.5 Å². The lowest BCUT2D eigenvalue weighted by atomic mass is 9.90. The Morgan fingerprint density at radius 3 is 2.20 bits per heavy atom. The largest absolute Gasteiger partial charge is 0.493 e. The van der Waals surface area contributed by atoms with Gasteiger partial charge in [0.25, 0.3) is 5.91 Å². The molecule has 0 aromatic heterocycles. The number of carbonyl (C=O) groups is 2. The number of para-hydroxylation sites is 1. The maximum atomic E-state index is 13.9. The molecule has 0 radical (unpaired) electrons. The first-order valence-corrected chi connectivity index (χ1v) is 13.4. The van der Waals surface area contributed by atoms with Crippen LogP contribution in [-0.4, -0.2) is 25.0 Å². The van der Waals surface area contributed by atoms with Crippen LogP contribution >= 0.6 is 15.9 Å². The van der Waals surface area contributed by atoms with Crippen LogP contribution in [0.2, 0.25) is 0 Å². The van der Waals surface area contributed by atoms with Crippen LogP contribution in [0.4, 0.5) is 15.8 Å². The number of rotatable bonds is 7. The van der Waals surface area contributed by atoms with Crippen LogP contribution in [0.3, 0.4) is 0 Å². The molecule has 0 saturated carbocycles. The summed E-state index contributed by atoms with van der Waals surface area (Å²) in [5.74, 6) is -1.27. The molecule has 0 spiro atoms. The smallest absolute Gasteiger partial charge is 0.266 e. The first-order chi connectivity index (χ1) is 19.5. The van der Waals surface area contributed by atoms with E-state index < -0.39 is 35.7 Å². The third-order valence-electron chi connectivity index (χ3n) is 7.05. The third kappa shape index (κ3) is 4.61. The molecule has 202 valence electrons.